The molecule has 5 heteroatoms. The maximum atomic E-state index is 9.93. The Hall–Kier alpha value is 0.394. The summed E-state index contributed by atoms with van der Waals surface area (Å²) >= 11 is -3.27. The molecule has 0 saturated carbocycles. The van der Waals surface area contributed by atoms with Crippen LogP contribution in [-0.2, 0) is 30.0 Å². The second kappa shape index (κ2) is 6.51. The molecule has 0 rings (SSSR count). The average Bonchev–Trinajstić information content (AvgIpc) is 1.80. The Balaban J connectivity index is 2.83. The third-order valence-corrected chi connectivity index (χ3v) is 1.36. The Morgan fingerprint density at radius 2 is 2.22 bits per heavy atom. The summed E-state index contributed by atoms with van der Waals surface area (Å²) < 4.78 is 27.3. The van der Waals surface area contributed by atoms with E-state index in [0.29, 0.717) is 13.2 Å². The zero-order chi connectivity index (χ0) is 7.11. The quantitative estimate of drug-likeness (QED) is 0.459. The summed E-state index contributed by atoms with van der Waals surface area (Å²) in [4.78, 5) is 0. The Morgan fingerprint density at radius 3 is 2.67 bits per heavy atom. The molecule has 0 aliphatic rings. The second-order valence-electron chi connectivity index (χ2n) is 1.31. The van der Waals surface area contributed by atoms with Crippen molar-refractivity contribution in [1.29, 1.82) is 0 Å². The molecule has 1 N–H and O–H groups in total. The third kappa shape index (κ3) is 8.39. The molecule has 0 bridgehead atoms. The molecular weight excluding hydrogens is 160 g/mol. The minimum atomic E-state index is -3.27. The summed E-state index contributed by atoms with van der Waals surface area (Å²) in [5.41, 5.74) is 0. The first-order valence-electron chi connectivity index (χ1n) is 2.70. The molecule has 4 nitrogen and oxygen atoms in total. The van der Waals surface area contributed by atoms with E-state index in [-0.39, 0.29) is 6.61 Å². The molecule has 0 radical (unpaired) electrons. The first kappa shape index (κ1) is 9.39. The molecule has 0 aromatic carbocycles. The summed E-state index contributed by atoms with van der Waals surface area (Å²) in [6.45, 7) is 3.09. The monoisotopic (exact) mass is 170 g/mol. The minimum absolute atomic E-state index is 0.225. The number of ether oxygens (including phenoxy) is 1. The fourth-order valence-electron chi connectivity index (χ4n) is 0.332. The van der Waals surface area contributed by atoms with Crippen molar-refractivity contribution in [3.8, 4) is 0 Å². The fourth-order valence-corrected chi connectivity index (χ4v) is 0.735. The molecule has 0 atom stereocenters. The van der Waals surface area contributed by atoms with Gasteiger partial charge in [0.15, 0.2) is 0 Å². The van der Waals surface area contributed by atoms with Crippen LogP contribution in [0.1, 0.15) is 6.92 Å². The second-order valence-corrected chi connectivity index (χ2v) is 2.59. The van der Waals surface area contributed by atoms with Crippen LogP contribution in [0.25, 0.3) is 0 Å². The van der Waals surface area contributed by atoms with E-state index in [0.717, 1.165) is 0 Å². The molecule has 0 heterocycles. The fraction of sp³-hybridized carbons (Fsp3) is 1.00. The molecule has 0 amide bonds. The van der Waals surface area contributed by atoms with Crippen molar-refractivity contribution in [3.05, 3.63) is 0 Å². The van der Waals surface area contributed by atoms with Gasteiger partial charge in [0, 0.05) is 0 Å². The molecule has 0 saturated heterocycles. The van der Waals surface area contributed by atoms with E-state index in [1.807, 2.05) is 6.92 Å². The molecule has 0 aromatic rings. The average molecular weight is 170 g/mol. The van der Waals surface area contributed by atoms with Gasteiger partial charge in [-0.25, -0.2) is 0 Å². The molecule has 0 fully saturated rings. The van der Waals surface area contributed by atoms with E-state index in [2.05, 4.69) is 3.32 Å². The molecule has 0 aliphatic carbocycles. The zero-order valence-electron chi connectivity index (χ0n) is 5.29. The standard InChI is InChI=1S/C4H9O2.H2O.O.Ti/c1-2-6-4-3-5;;;/h2-4H2,1H3;1H2;;/q-1;;;+2/p-1. The van der Waals surface area contributed by atoms with Crippen LogP contribution in [0.3, 0.4) is 0 Å². The Bertz CT molecular complexity index is 84.6. The van der Waals surface area contributed by atoms with Gasteiger partial charge >= 0.3 is 60.4 Å². The predicted molar refractivity (Wildman–Crippen MR) is 25.4 cm³/mol. The predicted octanol–water partition coefficient (Wildman–Crippen LogP) is -0.174. The van der Waals surface area contributed by atoms with Crippen molar-refractivity contribution in [2.45, 2.75) is 6.92 Å². The number of rotatable bonds is 5. The number of hydrogen-bond donors (Lipinski definition) is 1. The van der Waals surface area contributed by atoms with Crippen LogP contribution >= 0.6 is 0 Å². The van der Waals surface area contributed by atoms with Crippen LogP contribution in [0.4, 0.5) is 0 Å². The SMILES string of the molecule is CCOCC[O][Ti](=[O])[OH]. The molecule has 0 aromatic heterocycles. The van der Waals surface area contributed by atoms with Gasteiger partial charge in [-0.2, -0.15) is 0 Å². The van der Waals surface area contributed by atoms with Crippen molar-refractivity contribution in [2.75, 3.05) is 19.8 Å². The van der Waals surface area contributed by atoms with Gasteiger partial charge in [-0.15, -0.1) is 0 Å². The molecule has 54 valence electrons. The molecule has 0 unspecified atom stereocenters. The Labute approximate surface area is 60.9 Å². The van der Waals surface area contributed by atoms with E-state index in [1.165, 1.54) is 0 Å². The van der Waals surface area contributed by atoms with E-state index >= 15 is 0 Å². The van der Waals surface area contributed by atoms with Gasteiger partial charge in [0.1, 0.15) is 0 Å². The van der Waals surface area contributed by atoms with Gasteiger partial charge in [0.25, 0.3) is 0 Å². The van der Waals surface area contributed by atoms with Crippen LogP contribution in [-0.4, -0.2) is 23.5 Å². The van der Waals surface area contributed by atoms with Gasteiger partial charge in [-0.1, -0.05) is 0 Å². The van der Waals surface area contributed by atoms with Crippen molar-refractivity contribution in [3.63, 3.8) is 0 Å². The van der Waals surface area contributed by atoms with Crippen LogP contribution in [0.15, 0.2) is 0 Å². The maximum absolute atomic E-state index is 9.93. The Morgan fingerprint density at radius 1 is 1.56 bits per heavy atom. The Kier molecular flexibility index (Phi) is 6.80. The van der Waals surface area contributed by atoms with E-state index in [4.69, 9.17) is 8.42 Å². The summed E-state index contributed by atoms with van der Waals surface area (Å²) in [5, 5.41) is 0. The molecule has 9 heavy (non-hydrogen) atoms. The van der Waals surface area contributed by atoms with Gasteiger partial charge in [0.2, 0.25) is 0 Å². The normalized spacial score (nSPS) is 9.56. The van der Waals surface area contributed by atoms with Crippen LogP contribution in [0.2, 0.25) is 0 Å². The molecular formula is C4H10O4Ti. The molecule has 0 spiro atoms. The van der Waals surface area contributed by atoms with E-state index < -0.39 is 18.6 Å². The van der Waals surface area contributed by atoms with Crippen LogP contribution in [0, 0.1) is 0 Å². The first-order chi connectivity index (χ1) is 4.27. The zero-order valence-corrected chi connectivity index (χ0v) is 6.85. The van der Waals surface area contributed by atoms with Crippen molar-refractivity contribution < 1.29 is 33.7 Å². The summed E-state index contributed by atoms with van der Waals surface area (Å²) in [5.74, 6) is 0. The summed E-state index contributed by atoms with van der Waals surface area (Å²) in [7, 11) is 0. The van der Waals surface area contributed by atoms with Crippen LogP contribution < -0.4 is 0 Å². The van der Waals surface area contributed by atoms with Crippen molar-refractivity contribution >= 4 is 0 Å². The van der Waals surface area contributed by atoms with Gasteiger partial charge in [-0.05, 0) is 0 Å². The van der Waals surface area contributed by atoms with Gasteiger partial charge < -0.3 is 0 Å². The first-order valence-corrected chi connectivity index (χ1v) is 4.68. The van der Waals surface area contributed by atoms with Gasteiger partial charge in [-0.3, -0.25) is 0 Å². The van der Waals surface area contributed by atoms with Crippen LogP contribution in [0.5, 0.6) is 0 Å². The topological polar surface area (TPSA) is 55.8 Å². The van der Waals surface area contributed by atoms with E-state index in [9.17, 15) is 3.32 Å². The number of hydrogen-bond acceptors (Lipinski definition) is 3. The van der Waals surface area contributed by atoms with E-state index in [1.54, 1.807) is 0 Å². The van der Waals surface area contributed by atoms with Crippen molar-refractivity contribution in [2.24, 2.45) is 0 Å². The third-order valence-electron chi connectivity index (χ3n) is 0.657. The van der Waals surface area contributed by atoms with Gasteiger partial charge in [0.05, 0.1) is 0 Å². The van der Waals surface area contributed by atoms with Crippen molar-refractivity contribution in [1.82, 2.24) is 0 Å². The summed E-state index contributed by atoms with van der Waals surface area (Å²) in [6, 6.07) is 0. The molecule has 0 aliphatic heterocycles. The summed E-state index contributed by atoms with van der Waals surface area (Å²) in [6.07, 6.45) is 0.